The molecule has 0 aromatic heterocycles. The summed E-state index contributed by atoms with van der Waals surface area (Å²) in [5.41, 5.74) is 0.929. The summed E-state index contributed by atoms with van der Waals surface area (Å²) in [6.07, 6.45) is 0. The number of ether oxygens (including phenoxy) is 1. The third-order valence-electron chi connectivity index (χ3n) is 3.53. The van der Waals surface area contributed by atoms with Crippen LogP contribution in [0.15, 0.2) is 42.5 Å². The van der Waals surface area contributed by atoms with Gasteiger partial charge in [-0.3, -0.25) is 14.9 Å². The smallest absolute Gasteiger partial charge is 0.292 e. The maximum Gasteiger partial charge on any atom is 0.292 e. The molecule has 2 N–H and O–H groups in total. The highest BCUT2D eigenvalue weighted by atomic mass is 35.5. The normalized spacial score (nSPS) is 11.6. The molecule has 0 aliphatic heterocycles. The standard InChI is InChI=1S/C17H18ClN3O4/c1-20(10-12-4-3-5-14(8-12)25-2)11-17(22)19-15-9-13(18)6-7-16(15)21(23)24/h3-9H,10-11H2,1-2H3,(H,19,22)/p+1. The Labute approximate surface area is 150 Å². The van der Waals surface area contributed by atoms with Gasteiger partial charge in [-0.25, -0.2) is 0 Å². The number of nitrogens with zero attached hydrogens (tertiary/aromatic N) is 1. The third-order valence-corrected chi connectivity index (χ3v) is 3.77. The van der Waals surface area contributed by atoms with Gasteiger partial charge in [0.15, 0.2) is 6.54 Å². The van der Waals surface area contributed by atoms with Crippen LogP contribution in [0.3, 0.4) is 0 Å². The fourth-order valence-electron chi connectivity index (χ4n) is 2.43. The summed E-state index contributed by atoms with van der Waals surface area (Å²) in [6, 6.07) is 11.6. The molecular formula is C17H19ClN3O4+. The highest BCUT2D eigenvalue weighted by Crippen LogP contribution is 2.27. The van der Waals surface area contributed by atoms with Crippen LogP contribution >= 0.6 is 11.6 Å². The number of hydrogen-bond donors (Lipinski definition) is 2. The summed E-state index contributed by atoms with van der Waals surface area (Å²) in [5.74, 6) is 0.426. The molecule has 1 unspecified atom stereocenters. The lowest BCUT2D eigenvalue weighted by molar-refractivity contribution is -0.885. The van der Waals surface area contributed by atoms with Gasteiger partial charge in [-0.2, -0.15) is 0 Å². The van der Waals surface area contributed by atoms with Crippen molar-refractivity contribution >= 4 is 28.9 Å². The van der Waals surface area contributed by atoms with E-state index in [2.05, 4.69) is 5.32 Å². The lowest BCUT2D eigenvalue weighted by atomic mass is 10.2. The Hall–Kier alpha value is -2.64. The zero-order chi connectivity index (χ0) is 18.4. The predicted molar refractivity (Wildman–Crippen MR) is 95.2 cm³/mol. The third kappa shape index (κ3) is 5.44. The Morgan fingerprint density at radius 2 is 2.08 bits per heavy atom. The van der Waals surface area contributed by atoms with Crippen molar-refractivity contribution in [3.63, 3.8) is 0 Å². The highest BCUT2D eigenvalue weighted by Gasteiger charge is 2.18. The molecule has 0 aliphatic carbocycles. The average Bonchev–Trinajstić information content (AvgIpc) is 2.54. The first-order valence-electron chi connectivity index (χ1n) is 7.57. The molecule has 0 aliphatic rings. The highest BCUT2D eigenvalue weighted by molar-refractivity contribution is 6.31. The SMILES string of the molecule is COc1cccc(C[NH+](C)CC(=O)Nc2cc(Cl)ccc2[N+](=O)[O-])c1. The molecule has 0 saturated heterocycles. The number of quaternary nitrogens is 1. The molecule has 132 valence electrons. The second kappa shape index (κ2) is 8.46. The van der Waals surface area contributed by atoms with Crippen molar-refractivity contribution in [3.05, 3.63) is 63.2 Å². The minimum absolute atomic E-state index is 0.0941. The van der Waals surface area contributed by atoms with Crippen LogP contribution in [0.25, 0.3) is 0 Å². The number of carbonyl (C=O) groups excluding carboxylic acids is 1. The van der Waals surface area contributed by atoms with E-state index in [0.29, 0.717) is 11.6 Å². The summed E-state index contributed by atoms with van der Waals surface area (Å²) in [4.78, 5) is 23.6. The van der Waals surface area contributed by atoms with E-state index in [1.165, 1.54) is 18.2 Å². The van der Waals surface area contributed by atoms with Crippen molar-refractivity contribution in [2.45, 2.75) is 6.54 Å². The summed E-state index contributed by atoms with van der Waals surface area (Å²) in [6.45, 7) is 0.767. The van der Waals surface area contributed by atoms with E-state index in [1.54, 1.807) is 7.11 Å². The number of anilines is 1. The summed E-state index contributed by atoms with van der Waals surface area (Å²) in [5, 5.41) is 13.9. The molecule has 0 spiro atoms. The molecule has 0 fully saturated rings. The number of methoxy groups -OCH3 is 1. The van der Waals surface area contributed by atoms with Crippen LogP contribution in [-0.2, 0) is 11.3 Å². The topological polar surface area (TPSA) is 85.9 Å². The van der Waals surface area contributed by atoms with Crippen molar-refractivity contribution in [1.82, 2.24) is 0 Å². The zero-order valence-electron chi connectivity index (χ0n) is 13.9. The maximum absolute atomic E-state index is 12.2. The van der Waals surface area contributed by atoms with Gasteiger partial charge in [0.05, 0.1) is 19.1 Å². The van der Waals surface area contributed by atoms with Gasteiger partial charge in [0, 0.05) is 16.7 Å². The fourth-order valence-corrected chi connectivity index (χ4v) is 2.60. The van der Waals surface area contributed by atoms with Gasteiger partial charge in [0.2, 0.25) is 0 Å². The Morgan fingerprint density at radius 1 is 1.32 bits per heavy atom. The molecule has 0 heterocycles. The van der Waals surface area contributed by atoms with Gasteiger partial charge in [0.1, 0.15) is 18.0 Å². The maximum atomic E-state index is 12.2. The van der Waals surface area contributed by atoms with Crippen LogP contribution in [0.2, 0.25) is 5.02 Å². The number of carbonyl (C=O) groups is 1. The molecule has 8 heteroatoms. The number of nitro benzene ring substituents is 1. The Morgan fingerprint density at radius 3 is 2.76 bits per heavy atom. The Bertz CT molecular complexity index is 782. The number of rotatable bonds is 7. The van der Waals surface area contributed by atoms with E-state index in [0.717, 1.165) is 16.2 Å². The van der Waals surface area contributed by atoms with E-state index >= 15 is 0 Å². The molecule has 2 aromatic carbocycles. The molecule has 0 saturated carbocycles. The van der Waals surface area contributed by atoms with Crippen LogP contribution in [0.5, 0.6) is 5.75 Å². The molecule has 0 bridgehead atoms. The van der Waals surface area contributed by atoms with Crippen molar-refractivity contribution < 1.29 is 19.4 Å². The van der Waals surface area contributed by atoms with Crippen LogP contribution in [-0.4, -0.2) is 31.5 Å². The van der Waals surface area contributed by atoms with Crippen LogP contribution in [0, 0.1) is 10.1 Å². The first-order chi connectivity index (χ1) is 11.9. The summed E-state index contributed by atoms with van der Waals surface area (Å²) < 4.78 is 5.18. The molecule has 25 heavy (non-hydrogen) atoms. The Kier molecular flexibility index (Phi) is 6.32. The Balaban J connectivity index is 2.00. The van der Waals surface area contributed by atoms with Crippen LogP contribution in [0.4, 0.5) is 11.4 Å². The number of likely N-dealkylation sites (N-methyl/N-ethyl adjacent to an activating group) is 1. The molecule has 2 aromatic rings. The first kappa shape index (κ1) is 18.7. The van der Waals surface area contributed by atoms with Gasteiger partial charge in [-0.05, 0) is 24.3 Å². The number of halogens is 1. The minimum Gasteiger partial charge on any atom is -0.497 e. The van der Waals surface area contributed by atoms with Crippen molar-refractivity contribution in [3.8, 4) is 5.75 Å². The zero-order valence-corrected chi connectivity index (χ0v) is 14.7. The molecule has 1 atom stereocenters. The predicted octanol–water partition coefficient (Wildman–Crippen LogP) is 1.91. The van der Waals surface area contributed by atoms with Gasteiger partial charge in [-0.15, -0.1) is 0 Å². The van der Waals surface area contributed by atoms with E-state index in [-0.39, 0.29) is 23.8 Å². The van der Waals surface area contributed by atoms with Crippen LogP contribution < -0.4 is 15.0 Å². The quantitative estimate of drug-likeness (QED) is 0.580. The molecule has 7 nitrogen and oxygen atoms in total. The minimum atomic E-state index is -0.557. The monoisotopic (exact) mass is 364 g/mol. The second-order valence-corrected chi connectivity index (χ2v) is 6.07. The van der Waals surface area contributed by atoms with Crippen LogP contribution in [0.1, 0.15) is 5.56 Å². The lowest BCUT2D eigenvalue weighted by Crippen LogP contribution is -3.08. The number of nitro groups is 1. The largest absolute Gasteiger partial charge is 0.497 e. The van der Waals surface area contributed by atoms with Gasteiger partial charge in [-0.1, -0.05) is 23.7 Å². The molecule has 1 amide bonds. The second-order valence-electron chi connectivity index (χ2n) is 5.63. The summed E-state index contributed by atoms with van der Waals surface area (Å²) >= 11 is 5.86. The average molecular weight is 365 g/mol. The van der Waals surface area contributed by atoms with Gasteiger partial charge >= 0.3 is 0 Å². The van der Waals surface area contributed by atoms with E-state index in [9.17, 15) is 14.9 Å². The summed E-state index contributed by atoms with van der Waals surface area (Å²) in [7, 11) is 3.46. The lowest BCUT2D eigenvalue weighted by Gasteiger charge is -2.14. The van der Waals surface area contributed by atoms with E-state index < -0.39 is 4.92 Å². The van der Waals surface area contributed by atoms with Gasteiger partial charge in [0.25, 0.3) is 11.6 Å². The van der Waals surface area contributed by atoms with Crippen molar-refractivity contribution in [2.75, 3.05) is 26.0 Å². The van der Waals surface area contributed by atoms with Gasteiger partial charge < -0.3 is 15.0 Å². The number of amides is 1. The molecule has 0 radical (unpaired) electrons. The number of hydrogen-bond acceptors (Lipinski definition) is 4. The van der Waals surface area contributed by atoms with Crippen molar-refractivity contribution in [1.29, 1.82) is 0 Å². The molecular weight excluding hydrogens is 346 g/mol. The van der Waals surface area contributed by atoms with E-state index in [1.807, 2.05) is 31.3 Å². The fraction of sp³-hybridized carbons (Fsp3) is 0.235. The molecule has 2 rings (SSSR count). The van der Waals surface area contributed by atoms with E-state index in [4.69, 9.17) is 16.3 Å². The number of nitrogens with one attached hydrogen (secondary N) is 2. The first-order valence-corrected chi connectivity index (χ1v) is 7.95. The number of benzene rings is 2. The van der Waals surface area contributed by atoms with Crippen molar-refractivity contribution in [2.24, 2.45) is 0 Å².